The molecule has 0 unspecified atom stereocenters. The van der Waals surface area contributed by atoms with E-state index in [1.54, 1.807) is 4.57 Å². The van der Waals surface area contributed by atoms with E-state index in [9.17, 15) is 10.1 Å². The highest BCUT2D eigenvalue weighted by Gasteiger charge is 2.18. The molecular formula is C31H31N3O2. The molecule has 0 aliphatic rings. The van der Waals surface area contributed by atoms with Gasteiger partial charge in [-0.2, -0.15) is 5.26 Å². The Morgan fingerprint density at radius 2 is 1.69 bits per heavy atom. The molecule has 4 rings (SSSR count). The average molecular weight is 478 g/mol. The Bertz CT molecular complexity index is 1450. The molecule has 0 bridgehead atoms. The van der Waals surface area contributed by atoms with Crippen molar-refractivity contribution in [2.24, 2.45) is 0 Å². The van der Waals surface area contributed by atoms with Gasteiger partial charge in [-0.15, -0.1) is 0 Å². The van der Waals surface area contributed by atoms with Crippen LogP contribution in [0.1, 0.15) is 49.8 Å². The molecule has 0 amide bonds. The predicted octanol–water partition coefficient (Wildman–Crippen LogP) is 6.55. The lowest BCUT2D eigenvalue weighted by atomic mass is 9.96. The molecule has 0 saturated carbocycles. The van der Waals surface area contributed by atoms with Crippen molar-refractivity contribution in [3.63, 3.8) is 0 Å². The van der Waals surface area contributed by atoms with E-state index >= 15 is 0 Å². The molecule has 5 nitrogen and oxygen atoms in total. The maximum absolute atomic E-state index is 13.9. The van der Waals surface area contributed by atoms with E-state index in [4.69, 9.17) is 9.72 Å². The molecule has 182 valence electrons. The summed E-state index contributed by atoms with van der Waals surface area (Å²) in [5.74, 6) is 1.50. The number of nitrogens with zero attached hydrogens (tertiary/aromatic N) is 3. The highest BCUT2D eigenvalue weighted by Crippen LogP contribution is 2.27. The first-order valence-corrected chi connectivity index (χ1v) is 12.4. The van der Waals surface area contributed by atoms with Crippen molar-refractivity contribution in [1.82, 2.24) is 9.55 Å². The van der Waals surface area contributed by atoms with Crippen molar-refractivity contribution in [3.8, 4) is 34.1 Å². The molecular weight excluding hydrogens is 446 g/mol. The Labute approximate surface area is 212 Å². The maximum atomic E-state index is 13.9. The lowest BCUT2D eigenvalue weighted by Crippen LogP contribution is -2.28. The molecule has 0 aliphatic carbocycles. The number of benzene rings is 3. The zero-order valence-electron chi connectivity index (χ0n) is 21.3. The Balaban J connectivity index is 1.82. The Morgan fingerprint density at radius 3 is 2.33 bits per heavy atom. The van der Waals surface area contributed by atoms with Crippen LogP contribution in [0.5, 0.6) is 5.75 Å². The minimum absolute atomic E-state index is 0.0748. The SMILES string of the molecule is CCCc1nc(C)c(-c2ccc(OC(C)C)cc2)c(=O)n1Cc1cccc(-c2ccccc2)c1C#N. The summed E-state index contributed by atoms with van der Waals surface area (Å²) >= 11 is 0. The Kier molecular flexibility index (Phi) is 7.65. The highest BCUT2D eigenvalue weighted by atomic mass is 16.5. The van der Waals surface area contributed by atoms with Gasteiger partial charge in [-0.05, 0) is 61.6 Å². The van der Waals surface area contributed by atoms with Crippen LogP contribution in [0.4, 0.5) is 0 Å². The zero-order valence-corrected chi connectivity index (χ0v) is 21.3. The van der Waals surface area contributed by atoms with E-state index in [0.29, 0.717) is 23.2 Å². The van der Waals surface area contributed by atoms with Gasteiger partial charge in [-0.1, -0.05) is 67.6 Å². The van der Waals surface area contributed by atoms with Gasteiger partial charge in [-0.25, -0.2) is 4.98 Å². The van der Waals surface area contributed by atoms with E-state index in [1.165, 1.54) is 0 Å². The minimum atomic E-state index is -0.0996. The van der Waals surface area contributed by atoms with Gasteiger partial charge in [0.05, 0.1) is 29.5 Å². The van der Waals surface area contributed by atoms with Crippen molar-refractivity contribution in [2.45, 2.75) is 53.2 Å². The fourth-order valence-electron chi connectivity index (χ4n) is 4.49. The lowest BCUT2D eigenvalue weighted by molar-refractivity contribution is 0.242. The fraction of sp³-hybridized carbons (Fsp3) is 0.258. The van der Waals surface area contributed by atoms with Crippen LogP contribution in [-0.4, -0.2) is 15.7 Å². The summed E-state index contributed by atoms with van der Waals surface area (Å²) in [6.07, 6.45) is 1.62. The minimum Gasteiger partial charge on any atom is -0.491 e. The second kappa shape index (κ2) is 11.0. The molecule has 0 saturated heterocycles. The number of nitriles is 1. The number of hydrogen-bond donors (Lipinski definition) is 0. The number of rotatable bonds is 8. The summed E-state index contributed by atoms with van der Waals surface area (Å²) in [5.41, 5.74) is 5.20. The van der Waals surface area contributed by atoms with Gasteiger partial charge in [0.1, 0.15) is 17.6 Å². The largest absolute Gasteiger partial charge is 0.491 e. The summed E-state index contributed by atoms with van der Waals surface area (Å²) in [6, 6.07) is 25.6. The predicted molar refractivity (Wildman–Crippen MR) is 144 cm³/mol. The summed E-state index contributed by atoms with van der Waals surface area (Å²) in [6.45, 7) is 8.21. The van der Waals surface area contributed by atoms with E-state index < -0.39 is 0 Å². The van der Waals surface area contributed by atoms with Crippen LogP contribution < -0.4 is 10.3 Å². The third kappa shape index (κ3) is 5.23. The van der Waals surface area contributed by atoms with Gasteiger partial charge in [0.25, 0.3) is 5.56 Å². The second-order valence-electron chi connectivity index (χ2n) is 9.14. The van der Waals surface area contributed by atoms with Crippen LogP contribution in [0.2, 0.25) is 0 Å². The fourth-order valence-corrected chi connectivity index (χ4v) is 4.49. The normalized spacial score (nSPS) is 10.9. The van der Waals surface area contributed by atoms with Gasteiger partial charge in [-0.3, -0.25) is 9.36 Å². The quantitative estimate of drug-likeness (QED) is 0.289. The van der Waals surface area contributed by atoms with Gasteiger partial charge in [0, 0.05) is 6.42 Å². The molecule has 0 atom stereocenters. The van der Waals surface area contributed by atoms with Crippen LogP contribution in [0.25, 0.3) is 22.3 Å². The molecule has 0 aliphatic heterocycles. The molecule has 5 heteroatoms. The zero-order chi connectivity index (χ0) is 25.7. The van der Waals surface area contributed by atoms with E-state index in [1.807, 2.05) is 93.6 Å². The van der Waals surface area contributed by atoms with E-state index in [2.05, 4.69) is 13.0 Å². The summed E-state index contributed by atoms with van der Waals surface area (Å²) < 4.78 is 7.49. The van der Waals surface area contributed by atoms with E-state index in [-0.39, 0.29) is 18.2 Å². The summed E-state index contributed by atoms with van der Waals surface area (Å²) in [7, 11) is 0. The van der Waals surface area contributed by atoms with Crippen LogP contribution in [-0.2, 0) is 13.0 Å². The Hall–Kier alpha value is -4.17. The number of aromatic nitrogens is 2. The van der Waals surface area contributed by atoms with Crippen molar-refractivity contribution >= 4 is 0 Å². The average Bonchev–Trinajstić information content (AvgIpc) is 2.87. The number of aryl methyl sites for hydroxylation is 2. The smallest absolute Gasteiger partial charge is 0.261 e. The summed E-state index contributed by atoms with van der Waals surface area (Å²) in [4.78, 5) is 18.8. The third-order valence-electron chi connectivity index (χ3n) is 6.09. The van der Waals surface area contributed by atoms with E-state index in [0.717, 1.165) is 40.2 Å². The van der Waals surface area contributed by atoms with Crippen molar-refractivity contribution in [2.75, 3.05) is 0 Å². The summed E-state index contributed by atoms with van der Waals surface area (Å²) in [5, 5.41) is 10.1. The first-order valence-electron chi connectivity index (χ1n) is 12.4. The monoisotopic (exact) mass is 477 g/mol. The van der Waals surface area contributed by atoms with Crippen LogP contribution in [0.15, 0.2) is 77.6 Å². The van der Waals surface area contributed by atoms with Gasteiger partial charge in [0.15, 0.2) is 0 Å². The first kappa shape index (κ1) is 24.9. The molecule has 1 heterocycles. The molecule has 4 aromatic rings. The molecule has 0 spiro atoms. The van der Waals surface area contributed by atoms with Gasteiger partial charge >= 0.3 is 0 Å². The molecule has 3 aromatic carbocycles. The van der Waals surface area contributed by atoms with Gasteiger partial charge in [0.2, 0.25) is 0 Å². The van der Waals surface area contributed by atoms with Crippen molar-refractivity contribution < 1.29 is 4.74 Å². The molecule has 0 N–H and O–H groups in total. The standard InChI is InChI=1S/C31H31N3O2/c1-5-10-29-33-22(4)30(24-15-17-26(18-16-24)36-21(2)3)31(35)34(29)20-25-13-9-14-27(28(25)19-32)23-11-7-6-8-12-23/h6-9,11-18,21H,5,10,20H2,1-4H3. The Morgan fingerprint density at radius 1 is 0.972 bits per heavy atom. The van der Waals surface area contributed by atoms with Crippen LogP contribution in [0.3, 0.4) is 0 Å². The van der Waals surface area contributed by atoms with Crippen molar-refractivity contribution in [3.05, 3.63) is 106 Å². The molecule has 36 heavy (non-hydrogen) atoms. The topological polar surface area (TPSA) is 67.9 Å². The van der Waals surface area contributed by atoms with Gasteiger partial charge < -0.3 is 4.74 Å². The van der Waals surface area contributed by atoms with Crippen molar-refractivity contribution in [1.29, 1.82) is 5.26 Å². The molecule has 0 fully saturated rings. The first-order chi connectivity index (χ1) is 17.4. The second-order valence-corrected chi connectivity index (χ2v) is 9.14. The maximum Gasteiger partial charge on any atom is 0.261 e. The highest BCUT2D eigenvalue weighted by molar-refractivity contribution is 5.72. The van der Waals surface area contributed by atoms with Crippen LogP contribution >= 0.6 is 0 Å². The lowest BCUT2D eigenvalue weighted by Gasteiger charge is -2.18. The third-order valence-corrected chi connectivity index (χ3v) is 6.09. The molecule has 0 radical (unpaired) electrons. The van der Waals surface area contributed by atoms with Crippen LogP contribution in [0, 0.1) is 18.3 Å². The number of hydrogen-bond acceptors (Lipinski definition) is 4. The molecule has 1 aromatic heterocycles. The number of ether oxygens (including phenoxy) is 1.